The Bertz CT molecular complexity index is 1280. The fraction of sp³-hybridized carbons (Fsp3) is 0.345. The number of carbonyl (C=O) groups is 1. The van der Waals surface area contributed by atoms with Crippen molar-refractivity contribution in [3.8, 4) is 23.0 Å². The van der Waals surface area contributed by atoms with Crippen molar-refractivity contribution in [1.82, 2.24) is 0 Å². The van der Waals surface area contributed by atoms with Gasteiger partial charge < -0.3 is 19.3 Å². The Labute approximate surface area is 217 Å². The van der Waals surface area contributed by atoms with Crippen molar-refractivity contribution in [2.45, 2.75) is 61.2 Å². The Balaban J connectivity index is 1.41. The average Bonchev–Trinajstić information content (AvgIpc) is 3.41. The SMILES string of the molecule is COc1ccc(S(=O)(=O)C(CCCc2ccc(Oc3ccccc3)cc2)C(=O)O)cc1OC1CCCC1. The summed E-state index contributed by atoms with van der Waals surface area (Å²) < 4.78 is 43.8. The number of carboxylic acid groups (broad SMARTS) is 1. The van der Waals surface area contributed by atoms with Gasteiger partial charge in [-0.15, -0.1) is 0 Å². The number of ether oxygens (including phenoxy) is 3. The van der Waals surface area contributed by atoms with Crippen LogP contribution in [0.1, 0.15) is 44.1 Å². The molecule has 8 heteroatoms. The Morgan fingerprint density at radius 3 is 2.27 bits per heavy atom. The second kappa shape index (κ2) is 12.1. The molecule has 196 valence electrons. The zero-order valence-corrected chi connectivity index (χ0v) is 21.7. The van der Waals surface area contributed by atoms with E-state index in [9.17, 15) is 18.3 Å². The molecule has 0 heterocycles. The summed E-state index contributed by atoms with van der Waals surface area (Å²) in [6, 6.07) is 21.2. The molecule has 0 aliphatic heterocycles. The highest BCUT2D eigenvalue weighted by Gasteiger charge is 2.34. The molecule has 7 nitrogen and oxygen atoms in total. The predicted molar refractivity (Wildman–Crippen MR) is 140 cm³/mol. The van der Waals surface area contributed by atoms with Crippen LogP contribution in [-0.4, -0.2) is 38.0 Å². The number of hydrogen-bond acceptors (Lipinski definition) is 6. The van der Waals surface area contributed by atoms with Gasteiger partial charge in [0.15, 0.2) is 26.6 Å². The van der Waals surface area contributed by atoms with Gasteiger partial charge in [0.2, 0.25) is 0 Å². The van der Waals surface area contributed by atoms with Crippen molar-refractivity contribution in [2.75, 3.05) is 7.11 Å². The first-order valence-corrected chi connectivity index (χ1v) is 14.0. The quantitative estimate of drug-likeness (QED) is 0.307. The molecule has 1 N–H and O–H groups in total. The van der Waals surface area contributed by atoms with Crippen molar-refractivity contribution < 1.29 is 32.5 Å². The molecule has 0 bridgehead atoms. The minimum atomic E-state index is -4.13. The van der Waals surface area contributed by atoms with Gasteiger partial charge >= 0.3 is 5.97 Å². The number of rotatable bonds is 12. The fourth-order valence-electron chi connectivity index (χ4n) is 4.53. The molecule has 4 rings (SSSR count). The topological polar surface area (TPSA) is 99.1 Å². The van der Waals surface area contributed by atoms with Crippen LogP contribution in [0, 0.1) is 0 Å². The largest absolute Gasteiger partial charge is 0.493 e. The van der Waals surface area contributed by atoms with Crippen LogP contribution in [0.15, 0.2) is 77.7 Å². The number of methoxy groups -OCH3 is 1. The number of benzene rings is 3. The minimum absolute atomic E-state index is 0.00612. The molecule has 3 aromatic rings. The van der Waals surface area contributed by atoms with Gasteiger partial charge in [0, 0.05) is 6.07 Å². The lowest BCUT2D eigenvalue weighted by Crippen LogP contribution is -2.30. The van der Waals surface area contributed by atoms with Gasteiger partial charge in [-0.3, -0.25) is 4.79 Å². The summed E-state index contributed by atoms with van der Waals surface area (Å²) in [4.78, 5) is 11.9. The number of aliphatic carboxylic acids is 1. The van der Waals surface area contributed by atoms with Crippen LogP contribution in [0.5, 0.6) is 23.0 Å². The third-order valence-electron chi connectivity index (χ3n) is 6.54. The van der Waals surface area contributed by atoms with Crippen molar-refractivity contribution in [2.24, 2.45) is 0 Å². The number of para-hydroxylation sites is 1. The second-order valence-corrected chi connectivity index (χ2v) is 11.3. The molecule has 1 saturated carbocycles. The molecule has 0 aromatic heterocycles. The van der Waals surface area contributed by atoms with Crippen LogP contribution in [0.25, 0.3) is 0 Å². The van der Waals surface area contributed by atoms with Crippen molar-refractivity contribution in [3.63, 3.8) is 0 Å². The van der Waals surface area contributed by atoms with Crippen LogP contribution >= 0.6 is 0 Å². The Hall–Kier alpha value is -3.52. The van der Waals surface area contributed by atoms with Gasteiger partial charge in [0.05, 0.1) is 18.1 Å². The lowest BCUT2D eigenvalue weighted by molar-refractivity contribution is -0.136. The van der Waals surface area contributed by atoms with E-state index in [1.807, 2.05) is 54.6 Å². The van der Waals surface area contributed by atoms with Crippen LogP contribution in [-0.2, 0) is 21.1 Å². The molecule has 0 amide bonds. The van der Waals surface area contributed by atoms with E-state index in [0.29, 0.717) is 30.1 Å². The van der Waals surface area contributed by atoms with E-state index in [0.717, 1.165) is 37.0 Å². The van der Waals surface area contributed by atoms with E-state index in [1.54, 1.807) is 0 Å². The summed E-state index contributed by atoms with van der Waals surface area (Å²) in [7, 11) is -2.64. The lowest BCUT2D eigenvalue weighted by Gasteiger charge is -2.18. The minimum Gasteiger partial charge on any atom is -0.493 e. The van der Waals surface area contributed by atoms with Gasteiger partial charge in [-0.2, -0.15) is 0 Å². The molecule has 1 unspecified atom stereocenters. The zero-order valence-electron chi connectivity index (χ0n) is 20.8. The van der Waals surface area contributed by atoms with E-state index < -0.39 is 21.1 Å². The average molecular weight is 525 g/mol. The number of sulfone groups is 1. The van der Waals surface area contributed by atoms with E-state index in [4.69, 9.17) is 14.2 Å². The molecule has 0 saturated heterocycles. The van der Waals surface area contributed by atoms with E-state index in [2.05, 4.69) is 0 Å². The van der Waals surface area contributed by atoms with Crippen molar-refractivity contribution in [3.05, 3.63) is 78.4 Å². The maximum Gasteiger partial charge on any atom is 0.322 e. The number of aryl methyl sites for hydroxylation is 1. The molecular formula is C29H32O7S. The summed E-state index contributed by atoms with van der Waals surface area (Å²) in [5, 5.41) is 8.24. The molecular weight excluding hydrogens is 492 g/mol. The maximum absolute atomic E-state index is 13.3. The van der Waals surface area contributed by atoms with Crippen LogP contribution in [0.4, 0.5) is 0 Å². The first-order chi connectivity index (χ1) is 17.9. The van der Waals surface area contributed by atoms with E-state index in [-0.39, 0.29) is 17.4 Å². The van der Waals surface area contributed by atoms with Crippen LogP contribution in [0.2, 0.25) is 0 Å². The van der Waals surface area contributed by atoms with E-state index >= 15 is 0 Å². The smallest absolute Gasteiger partial charge is 0.322 e. The normalized spacial score (nSPS) is 14.7. The maximum atomic E-state index is 13.3. The van der Waals surface area contributed by atoms with Crippen molar-refractivity contribution in [1.29, 1.82) is 0 Å². The first-order valence-electron chi connectivity index (χ1n) is 12.5. The molecule has 0 radical (unpaired) electrons. The Morgan fingerprint density at radius 1 is 0.946 bits per heavy atom. The first kappa shape index (κ1) is 26.5. The summed E-state index contributed by atoms with van der Waals surface area (Å²) >= 11 is 0. The van der Waals surface area contributed by atoms with Crippen LogP contribution in [0.3, 0.4) is 0 Å². The third kappa shape index (κ3) is 6.83. The van der Waals surface area contributed by atoms with Crippen molar-refractivity contribution >= 4 is 15.8 Å². The highest BCUT2D eigenvalue weighted by atomic mass is 32.2. The number of carboxylic acids is 1. The standard InChI is InChI=1S/C29H32O7S/c1-34-26-19-18-25(20-27(26)36-23-11-5-6-12-23)37(32,33)28(29(30)31)13-7-8-21-14-16-24(17-15-21)35-22-9-3-2-4-10-22/h2-4,9-10,14-20,23,28H,5-8,11-13H2,1H3,(H,30,31). The van der Waals surface area contributed by atoms with Gasteiger partial charge in [-0.25, -0.2) is 8.42 Å². The summed E-state index contributed by atoms with van der Waals surface area (Å²) in [5.74, 6) is 0.826. The number of hydrogen-bond donors (Lipinski definition) is 1. The summed E-state index contributed by atoms with van der Waals surface area (Å²) in [5.41, 5.74) is 0.971. The van der Waals surface area contributed by atoms with Crippen LogP contribution < -0.4 is 14.2 Å². The Morgan fingerprint density at radius 2 is 1.62 bits per heavy atom. The lowest BCUT2D eigenvalue weighted by atomic mass is 10.1. The van der Waals surface area contributed by atoms with Gasteiger partial charge in [-0.05, 0) is 86.9 Å². The molecule has 1 aliphatic carbocycles. The molecule has 3 aromatic carbocycles. The molecule has 37 heavy (non-hydrogen) atoms. The molecule has 0 spiro atoms. The molecule has 1 atom stereocenters. The highest BCUT2D eigenvalue weighted by molar-refractivity contribution is 7.92. The van der Waals surface area contributed by atoms with Gasteiger partial charge in [0.25, 0.3) is 0 Å². The van der Waals surface area contributed by atoms with Gasteiger partial charge in [-0.1, -0.05) is 30.3 Å². The third-order valence-corrected chi connectivity index (χ3v) is 8.64. The molecule has 1 fully saturated rings. The highest BCUT2D eigenvalue weighted by Crippen LogP contribution is 2.35. The van der Waals surface area contributed by atoms with E-state index in [1.165, 1.54) is 25.3 Å². The molecule has 1 aliphatic rings. The zero-order chi connectivity index (χ0) is 26.3. The van der Waals surface area contributed by atoms with Gasteiger partial charge in [0.1, 0.15) is 11.5 Å². The second-order valence-electron chi connectivity index (χ2n) is 9.16. The summed E-state index contributed by atoms with van der Waals surface area (Å²) in [6.45, 7) is 0. The Kier molecular flexibility index (Phi) is 8.71. The monoisotopic (exact) mass is 524 g/mol. The predicted octanol–water partition coefficient (Wildman–Crippen LogP) is 6.06. The fourth-order valence-corrected chi connectivity index (χ4v) is 6.13. The summed E-state index contributed by atoms with van der Waals surface area (Å²) in [6.07, 6.45) is 4.87.